The average molecular weight is 381 g/mol. The Morgan fingerprint density at radius 1 is 1.00 bits per heavy atom. The number of hydrogen-bond acceptors (Lipinski definition) is 4. The smallest absolute Gasteiger partial charge is 0.408 e. The molecule has 6 heteroatoms. The highest BCUT2D eigenvalue weighted by Crippen LogP contribution is 2.60. The van der Waals surface area contributed by atoms with Gasteiger partial charge < -0.3 is 14.2 Å². The molecule has 6 nitrogen and oxygen atoms in total. The lowest BCUT2D eigenvalue weighted by molar-refractivity contribution is -0.158. The third-order valence-corrected chi connectivity index (χ3v) is 7.83. The number of anilines is 1. The molecule has 1 aliphatic heterocycles. The second kappa shape index (κ2) is 5.88. The predicted molar refractivity (Wildman–Crippen MR) is 106 cm³/mol. The van der Waals surface area contributed by atoms with E-state index >= 15 is 0 Å². The minimum absolute atomic E-state index is 0.0373. The highest BCUT2D eigenvalue weighted by Gasteiger charge is 2.55. The number of oxazole rings is 1. The van der Waals surface area contributed by atoms with Crippen LogP contribution in [0.1, 0.15) is 38.5 Å². The number of H-pyrrole nitrogens is 1. The first-order chi connectivity index (χ1) is 13.6. The summed E-state index contributed by atoms with van der Waals surface area (Å²) in [5.41, 5.74) is 2.33. The summed E-state index contributed by atoms with van der Waals surface area (Å²) in [6.07, 6.45) is 7.54. The van der Waals surface area contributed by atoms with Crippen molar-refractivity contribution in [1.82, 2.24) is 9.88 Å². The molecule has 28 heavy (non-hydrogen) atoms. The van der Waals surface area contributed by atoms with Crippen molar-refractivity contribution in [2.24, 2.45) is 23.2 Å². The summed E-state index contributed by atoms with van der Waals surface area (Å²) >= 11 is 0. The lowest BCUT2D eigenvalue weighted by atomic mass is 9.49. The van der Waals surface area contributed by atoms with Gasteiger partial charge in [-0.15, -0.1) is 0 Å². The number of piperazine rings is 1. The first kappa shape index (κ1) is 16.7. The molecule has 1 amide bonds. The quantitative estimate of drug-likeness (QED) is 0.868. The zero-order chi connectivity index (χ0) is 18.9. The predicted octanol–water partition coefficient (Wildman–Crippen LogP) is 2.99. The number of nitrogens with zero attached hydrogens (tertiary/aromatic N) is 2. The molecule has 4 bridgehead atoms. The summed E-state index contributed by atoms with van der Waals surface area (Å²) < 4.78 is 5.19. The normalized spacial score (nSPS) is 34.4. The Labute approximate surface area is 163 Å². The van der Waals surface area contributed by atoms with E-state index in [4.69, 9.17) is 4.42 Å². The molecule has 4 aliphatic carbocycles. The van der Waals surface area contributed by atoms with Gasteiger partial charge in [-0.1, -0.05) is 0 Å². The number of nitrogens with one attached hydrogen (secondary N) is 1. The number of aromatic amines is 1. The largest absolute Gasteiger partial charge is 0.417 e. The number of carbonyl (C=O) groups excluding carboxylic acids is 1. The van der Waals surface area contributed by atoms with Gasteiger partial charge in [0.2, 0.25) is 5.91 Å². The highest BCUT2D eigenvalue weighted by atomic mass is 16.4. The van der Waals surface area contributed by atoms with Crippen molar-refractivity contribution in [3.8, 4) is 0 Å². The molecule has 2 heterocycles. The molecule has 5 fully saturated rings. The van der Waals surface area contributed by atoms with Crippen molar-refractivity contribution in [2.75, 3.05) is 31.1 Å². The fourth-order valence-corrected chi connectivity index (χ4v) is 7.01. The van der Waals surface area contributed by atoms with E-state index < -0.39 is 5.76 Å². The third kappa shape index (κ3) is 2.53. The fourth-order valence-electron chi connectivity index (χ4n) is 7.01. The molecule has 1 saturated heterocycles. The summed E-state index contributed by atoms with van der Waals surface area (Å²) in [7, 11) is 0. The van der Waals surface area contributed by atoms with E-state index in [1.807, 2.05) is 18.2 Å². The van der Waals surface area contributed by atoms with Gasteiger partial charge >= 0.3 is 5.76 Å². The van der Waals surface area contributed by atoms with Gasteiger partial charge in [-0.25, -0.2) is 4.79 Å². The van der Waals surface area contributed by atoms with Crippen LogP contribution in [0.4, 0.5) is 5.69 Å². The Kier molecular flexibility index (Phi) is 3.50. The van der Waals surface area contributed by atoms with E-state index in [0.717, 1.165) is 74.4 Å². The summed E-state index contributed by atoms with van der Waals surface area (Å²) in [5.74, 6) is 2.44. The zero-order valence-electron chi connectivity index (χ0n) is 16.2. The lowest BCUT2D eigenvalue weighted by Gasteiger charge is -2.57. The molecule has 1 aromatic heterocycles. The van der Waals surface area contributed by atoms with Gasteiger partial charge in [-0.3, -0.25) is 9.78 Å². The molecule has 7 rings (SSSR count). The number of rotatable bonds is 2. The van der Waals surface area contributed by atoms with Gasteiger partial charge in [0, 0.05) is 37.9 Å². The van der Waals surface area contributed by atoms with Crippen LogP contribution in [0.3, 0.4) is 0 Å². The van der Waals surface area contributed by atoms with Crippen molar-refractivity contribution >= 4 is 22.7 Å². The minimum atomic E-state index is -0.418. The third-order valence-electron chi connectivity index (χ3n) is 7.83. The Balaban J connectivity index is 1.16. The Morgan fingerprint density at radius 3 is 2.29 bits per heavy atom. The Bertz CT molecular complexity index is 947. The fraction of sp³-hybridized carbons (Fsp3) is 0.636. The van der Waals surface area contributed by atoms with E-state index in [1.165, 1.54) is 19.3 Å². The molecule has 148 valence electrons. The van der Waals surface area contributed by atoms with Crippen LogP contribution in [-0.2, 0) is 4.79 Å². The summed E-state index contributed by atoms with van der Waals surface area (Å²) in [5, 5.41) is 0. The van der Waals surface area contributed by atoms with Crippen LogP contribution in [0.5, 0.6) is 0 Å². The van der Waals surface area contributed by atoms with Crippen LogP contribution in [0.2, 0.25) is 0 Å². The first-order valence-electron chi connectivity index (χ1n) is 10.8. The van der Waals surface area contributed by atoms with Crippen LogP contribution in [0.25, 0.3) is 11.1 Å². The molecule has 0 spiro atoms. The second-order valence-electron chi connectivity index (χ2n) is 9.67. The van der Waals surface area contributed by atoms with Crippen molar-refractivity contribution in [2.45, 2.75) is 38.5 Å². The molecule has 5 aliphatic rings. The van der Waals surface area contributed by atoms with E-state index in [-0.39, 0.29) is 5.41 Å². The number of aromatic nitrogens is 1. The maximum absolute atomic E-state index is 13.5. The maximum Gasteiger partial charge on any atom is 0.417 e. The molecular weight excluding hydrogens is 354 g/mol. The van der Waals surface area contributed by atoms with Gasteiger partial charge in [0.1, 0.15) is 0 Å². The lowest BCUT2D eigenvalue weighted by Crippen LogP contribution is -2.58. The van der Waals surface area contributed by atoms with Gasteiger partial charge in [0.05, 0.1) is 10.9 Å². The SMILES string of the molecule is O=C(N1CCN(c2ccc3[nH]c(=O)oc3c2)CC1)C12CC3CC(CC(C3)C1)C2. The Hall–Kier alpha value is -2.24. The monoisotopic (exact) mass is 381 g/mol. The van der Waals surface area contributed by atoms with Gasteiger partial charge in [-0.05, 0) is 68.4 Å². The standard InChI is InChI=1S/C22H27N3O3/c26-20(22-11-14-7-15(12-22)9-16(8-14)13-22)25-5-3-24(4-6-25)17-1-2-18-19(10-17)28-21(27)23-18/h1-2,10,14-16H,3-9,11-13H2,(H,23,27). The number of benzene rings is 1. The first-order valence-corrected chi connectivity index (χ1v) is 10.8. The molecule has 2 aromatic rings. The number of carbonyl (C=O) groups is 1. The number of hydrogen-bond donors (Lipinski definition) is 1. The molecular formula is C22H27N3O3. The molecule has 0 atom stereocenters. The van der Waals surface area contributed by atoms with Crippen molar-refractivity contribution < 1.29 is 9.21 Å². The molecule has 1 N–H and O–H groups in total. The van der Waals surface area contributed by atoms with Crippen molar-refractivity contribution in [1.29, 1.82) is 0 Å². The van der Waals surface area contributed by atoms with Crippen LogP contribution in [-0.4, -0.2) is 42.0 Å². The second-order valence-corrected chi connectivity index (χ2v) is 9.67. The van der Waals surface area contributed by atoms with Crippen LogP contribution < -0.4 is 10.7 Å². The van der Waals surface area contributed by atoms with Gasteiger partial charge in [0.15, 0.2) is 5.58 Å². The summed E-state index contributed by atoms with van der Waals surface area (Å²) in [4.78, 5) is 32.0. The number of amides is 1. The zero-order valence-corrected chi connectivity index (χ0v) is 16.2. The van der Waals surface area contributed by atoms with E-state index in [9.17, 15) is 9.59 Å². The van der Waals surface area contributed by atoms with E-state index in [1.54, 1.807) is 0 Å². The average Bonchev–Trinajstić information content (AvgIpc) is 3.05. The van der Waals surface area contributed by atoms with Crippen LogP contribution in [0, 0.1) is 23.2 Å². The highest BCUT2D eigenvalue weighted by molar-refractivity contribution is 5.84. The van der Waals surface area contributed by atoms with Crippen LogP contribution in [0.15, 0.2) is 27.4 Å². The van der Waals surface area contributed by atoms with E-state index in [2.05, 4.69) is 14.8 Å². The minimum Gasteiger partial charge on any atom is -0.408 e. The molecule has 0 unspecified atom stereocenters. The maximum atomic E-state index is 13.5. The van der Waals surface area contributed by atoms with Gasteiger partial charge in [-0.2, -0.15) is 0 Å². The number of fused-ring (bicyclic) bond motifs is 1. The van der Waals surface area contributed by atoms with Gasteiger partial charge in [0.25, 0.3) is 0 Å². The van der Waals surface area contributed by atoms with E-state index in [0.29, 0.717) is 11.5 Å². The molecule has 0 radical (unpaired) electrons. The summed E-state index contributed by atoms with van der Waals surface area (Å²) in [6.45, 7) is 3.24. The molecule has 4 saturated carbocycles. The van der Waals surface area contributed by atoms with Crippen molar-refractivity contribution in [3.63, 3.8) is 0 Å². The van der Waals surface area contributed by atoms with Crippen molar-refractivity contribution in [3.05, 3.63) is 28.7 Å². The molecule has 1 aromatic carbocycles. The Morgan fingerprint density at radius 2 is 1.64 bits per heavy atom. The summed E-state index contributed by atoms with van der Waals surface area (Å²) in [6, 6.07) is 5.83. The van der Waals surface area contributed by atoms with Crippen LogP contribution >= 0.6 is 0 Å². The topological polar surface area (TPSA) is 69.6 Å².